The largest absolute Gasteiger partial charge is 0.514 e. The number of methoxy groups -OCH3 is 3. The highest BCUT2D eigenvalue weighted by Gasteiger charge is 2.55. The molecule has 4 aromatic carbocycles. The second-order valence-corrected chi connectivity index (χ2v) is 24.5. The van der Waals surface area contributed by atoms with Gasteiger partial charge < -0.3 is 111 Å². The molecule has 0 aromatic heterocycles. The molecule has 0 radical (unpaired) electrons. The molecule has 3 fully saturated rings. The molecule has 37 nitrogen and oxygen atoms in total. The molecule has 110 heavy (non-hydrogen) atoms. The molecule has 0 aliphatic carbocycles. The van der Waals surface area contributed by atoms with E-state index in [0.717, 1.165) is 13.1 Å². The van der Waals surface area contributed by atoms with Gasteiger partial charge in [0.05, 0.1) is 32.9 Å². The van der Waals surface area contributed by atoms with Gasteiger partial charge in [-0.15, -0.1) is 0 Å². The molecule has 606 valence electrons. The van der Waals surface area contributed by atoms with Crippen LogP contribution >= 0.6 is 0 Å². The van der Waals surface area contributed by atoms with Crippen LogP contribution in [0.3, 0.4) is 0 Å². The fourth-order valence-electron chi connectivity index (χ4n) is 10.6. The van der Waals surface area contributed by atoms with Crippen molar-refractivity contribution in [1.29, 1.82) is 0 Å². The van der Waals surface area contributed by atoms with Crippen LogP contribution in [0.5, 0.6) is 23.0 Å². The number of nitrogens with zero attached hydrogens (tertiary/aromatic N) is 2. The third-order valence-electron chi connectivity index (χ3n) is 16.0. The van der Waals surface area contributed by atoms with Crippen LogP contribution in [0.2, 0.25) is 0 Å². The lowest BCUT2D eigenvalue weighted by Gasteiger charge is -2.42. The molecule has 37 heteroatoms. The number of hydrogen-bond donors (Lipinski definition) is 4. The van der Waals surface area contributed by atoms with E-state index in [9.17, 15) is 62.9 Å². The zero-order valence-corrected chi connectivity index (χ0v) is 63.8. The molecule has 7 rings (SSSR count). The van der Waals surface area contributed by atoms with Gasteiger partial charge in [-0.05, 0) is 86.4 Å². The van der Waals surface area contributed by atoms with Crippen LogP contribution in [-0.4, -0.2) is 230 Å². The summed E-state index contributed by atoms with van der Waals surface area (Å²) in [7, 11) is 10.9. The van der Waals surface area contributed by atoms with Crippen molar-refractivity contribution in [2.45, 2.75) is 156 Å². The fraction of sp³-hybridized carbons (Fsp3) is 0.521. The first-order chi connectivity index (χ1) is 52.2. The van der Waals surface area contributed by atoms with Gasteiger partial charge >= 0.3 is 66.0 Å². The summed E-state index contributed by atoms with van der Waals surface area (Å²) in [6.45, 7) is 15.0. The molecule has 0 spiro atoms. The van der Waals surface area contributed by atoms with E-state index in [1.807, 2.05) is 14.1 Å². The van der Waals surface area contributed by atoms with Crippen molar-refractivity contribution in [3.8, 4) is 23.0 Å². The van der Waals surface area contributed by atoms with Crippen LogP contribution in [-0.2, 0) is 129 Å². The Balaban J connectivity index is 0.000000339. The van der Waals surface area contributed by atoms with Crippen LogP contribution in [0.1, 0.15) is 79.0 Å². The van der Waals surface area contributed by atoms with Gasteiger partial charge in [0.2, 0.25) is 37.2 Å². The third-order valence-corrected chi connectivity index (χ3v) is 16.0. The number of nitro benzene ring substituents is 1. The monoisotopic (exact) mass is 1560 g/mol. The van der Waals surface area contributed by atoms with Crippen LogP contribution < -0.4 is 34.9 Å². The first-order valence-corrected chi connectivity index (χ1v) is 34.2. The Kier molecular flexibility index (Phi) is 38.7. The first kappa shape index (κ1) is 91.6. The normalized spacial score (nSPS) is 22.9. The number of aliphatic hydroxyl groups is 1. The Bertz CT molecular complexity index is 3640. The maximum absolute atomic E-state index is 12.3. The minimum Gasteiger partial charge on any atom is -0.467 e. The second kappa shape index (κ2) is 46.5. The van der Waals surface area contributed by atoms with Crippen molar-refractivity contribution in [1.82, 2.24) is 20.9 Å². The molecule has 3 aliphatic rings. The zero-order chi connectivity index (χ0) is 81.9. The summed E-state index contributed by atoms with van der Waals surface area (Å²) in [5.74, 6) is -7.03. The van der Waals surface area contributed by atoms with Crippen molar-refractivity contribution >= 4 is 71.7 Å². The molecule has 4 aromatic rings. The first-order valence-electron chi connectivity index (χ1n) is 34.2. The van der Waals surface area contributed by atoms with E-state index in [4.69, 9.17) is 90.4 Å². The Morgan fingerprint density at radius 1 is 0.436 bits per heavy atom. The summed E-state index contributed by atoms with van der Waals surface area (Å²) in [6, 6.07) is 24.1. The fourth-order valence-corrected chi connectivity index (χ4v) is 10.6. The smallest absolute Gasteiger partial charge is 0.467 e. The van der Waals surface area contributed by atoms with Crippen molar-refractivity contribution in [3.05, 3.63) is 124 Å². The number of carbonyl (C=O) groups excluding carboxylic acids is 11. The number of nitro groups is 1. The highest BCUT2D eigenvalue weighted by atomic mass is 16.8. The molecular weight excluding hydrogens is 1460 g/mol. The molecule has 0 saturated carbocycles. The average Bonchev–Trinajstić information content (AvgIpc) is 0.796. The summed E-state index contributed by atoms with van der Waals surface area (Å²) in [6.07, 6.45) is -15.2. The number of rotatable bonds is 28. The van der Waals surface area contributed by atoms with Crippen molar-refractivity contribution < 1.29 is 148 Å². The topological polar surface area (TPSA) is 457 Å². The average molecular weight is 1560 g/mol. The minimum atomic E-state index is -1.34. The molecule has 15 atom stereocenters. The summed E-state index contributed by atoms with van der Waals surface area (Å²) in [5, 5.41) is 28.8. The quantitative estimate of drug-likeness (QED) is 0.0149. The SMILES string of the molecule is CNCCN(C)C(=O)OCc1ccc(O[C@@H]2O[C@H](C(=O)OC)[C@@H](C)[C@H](OC(C)=O)[C@H]2OC(C)=O)cc1.CNCCNC.COC(=O)[C@H]1O[C@@H](Oc2ccc(CO)cc2)[C@H](OC(C)=O)[C@@H](OC(C)=O)[C@@H]1C.COC(=O)[C@H]1O[C@@H](Oc2ccc(COC(=O)Oc3ccc([N+](=O)[O-])cc3)cc2)[C@H](OC(C)=O)[C@@H](OC(C)=O)[C@@H]1C. The van der Waals surface area contributed by atoms with Gasteiger partial charge in [-0.25, -0.2) is 24.0 Å². The van der Waals surface area contributed by atoms with Gasteiger partial charge in [-0.2, -0.15) is 0 Å². The Morgan fingerprint density at radius 3 is 1.01 bits per heavy atom. The van der Waals surface area contributed by atoms with Gasteiger partial charge in [0.1, 0.15) is 36.2 Å². The maximum atomic E-state index is 12.3. The van der Waals surface area contributed by atoms with Gasteiger partial charge in [-0.1, -0.05) is 57.2 Å². The van der Waals surface area contributed by atoms with Gasteiger partial charge in [0.25, 0.3) is 5.69 Å². The summed E-state index contributed by atoms with van der Waals surface area (Å²) in [4.78, 5) is 143. The van der Waals surface area contributed by atoms with E-state index in [2.05, 4.69) is 16.0 Å². The van der Waals surface area contributed by atoms with E-state index in [1.54, 1.807) is 95.5 Å². The molecule has 3 heterocycles. The lowest BCUT2D eigenvalue weighted by atomic mass is 9.90. The number of nitrogens with one attached hydrogen (secondary N) is 3. The Hall–Kier alpha value is -10.8. The van der Waals surface area contributed by atoms with E-state index in [-0.39, 0.29) is 37.0 Å². The van der Waals surface area contributed by atoms with E-state index in [0.29, 0.717) is 41.3 Å². The molecule has 0 bridgehead atoms. The molecular formula is C73H97N5O32. The number of ether oxygens (including phenoxy) is 18. The number of amides is 1. The van der Waals surface area contributed by atoms with Crippen molar-refractivity contribution in [3.63, 3.8) is 0 Å². The van der Waals surface area contributed by atoms with Crippen molar-refractivity contribution in [2.24, 2.45) is 17.8 Å². The molecule has 3 saturated heterocycles. The summed E-state index contributed by atoms with van der Waals surface area (Å²) in [5.41, 5.74) is 1.77. The number of hydrogen-bond acceptors (Lipinski definition) is 35. The number of carbonyl (C=O) groups is 11. The molecule has 4 N–H and O–H groups in total. The second-order valence-electron chi connectivity index (χ2n) is 24.5. The maximum Gasteiger partial charge on any atom is 0.514 e. The number of non-ortho nitro benzene ring substituents is 1. The summed E-state index contributed by atoms with van der Waals surface area (Å²) >= 11 is 0. The molecule has 0 unspecified atom stereocenters. The van der Waals surface area contributed by atoms with Crippen molar-refractivity contribution in [2.75, 3.05) is 75.7 Å². The highest BCUT2D eigenvalue weighted by molar-refractivity contribution is 5.77. The zero-order valence-electron chi connectivity index (χ0n) is 63.8. The minimum absolute atomic E-state index is 0.0511. The number of esters is 9. The van der Waals surface area contributed by atoms with Crippen LogP contribution in [0.15, 0.2) is 97.1 Å². The lowest BCUT2D eigenvalue weighted by Crippen LogP contribution is -2.60. The summed E-state index contributed by atoms with van der Waals surface area (Å²) < 4.78 is 96.7. The van der Waals surface area contributed by atoms with E-state index in [1.165, 1.54) is 104 Å². The molecule has 1 amide bonds. The lowest BCUT2D eigenvalue weighted by molar-refractivity contribution is -0.384. The standard InChI is InChI=1S/C26H27NO13.C24H34N2O10.C19H24O9.C4H12N2/c1-14-21(36-15(2)28)23(37-16(3)29)25(40-22(14)24(30)34-4)38-19-9-5-17(6-10-19)13-35-26(31)39-20-11-7-18(8-12-20)27(32)33;1-14-19(33-15(2)27)21(34-16(3)28)23(36-20(14)22(29)31-6)35-18-9-7-17(8-10-18)13-32-24(30)26(5)12-11-25-4;1-10-15(25-11(2)21)17(26-12(3)22)19(28-16(10)18(23)24-4)27-14-7-5-13(9-20)6-8-14;1-5-3-4-6-2/h5-12,14,21-23,25H,13H2,1-4H3;7-10,14,19-21,23,25H,11-13H2,1-6H3;5-8,10,15-17,19-20H,9H2,1-4H3;5-6H,3-4H2,1-2H3/t14-,21-,22-,23+,25+;14-,19-,20-,21+,23+;10-,15-,16-,17+,19+;/m000./s1. The van der Waals surface area contributed by atoms with Gasteiger partial charge in [0.15, 0.2) is 36.6 Å². The van der Waals surface area contributed by atoms with Crippen LogP contribution in [0.25, 0.3) is 0 Å². The molecule has 3 aliphatic heterocycles. The van der Waals surface area contributed by atoms with Crippen LogP contribution in [0, 0.1) is 27.9 Å². The number of likely N-dealkylation sites (N-methyl/N-ethyl adjacent to an activating group) is 4. The predicted molar refractivity (Wildman–Crippen MR) is 378 cm³/mol. The van der Waals surface area contributed by atoms with E-state index >= 15 is 0 Å². The predicted octanol–water partition coefficient (Wildman–Crippen LogP) is 4.72. The van der Waals surface area contributed by atoms with Crippen LogP contribution in [0.4, 0.5) is 15.3 Å². The van der Waals surface area contributed by atoms with E-state index < -0.39 is 162 Å². The number of aliphatic hydroxyl groups excluding tert-OH is 1. The highest BCUT2D eigenvalue weighted by Crippen LogP contribution is 2.37. The van der Waals surface area contributed by atoms with Gasteiger partial charge in [0, 0.05) is 105 Å². The number of benzene rings is 4. The Morgan fingerprint density at radius 2 is 0.727 bits per heavy atom. The van der Waals surface area contributed by atoms with Gasteiger partial charge in [-0.3, -0.25) is 38.9 Å². The third kappa shape index (κ3) is 29.6. The Labute approximate surface area is 634 Å².